The summed E-state index contributed by atoms with van der Waals surface area (Å²) in [5.74, 6) is 2.16. The molecule has 0 aromatic heterocycles. The average molecular weight is 349 g/mol. The Balaban J connectivity index is 1.47. The maximum Gasteiger partial charge on any atom is 0.251 e. The molecule has 1 amide bonds. The Bertz CT molecular complexity index is 967. The quantitative estimate of drug-likeness (QED) is 0.783. The van der Waals surface area contributed by atoms with E-state index >= 15 is 0 Å². The molecule has 5 heteroatoms. The molecule has 3 aromatic rings. The van der Waals surface area contributed by atoms with Gasteiger partial charge in [-0.2, -0.15) is 0 Å². The van der Waals surface area contributed by atoms with E-state index in [1.807, 2.05) is 54.6 Å². The molecule has 0 radical (unpaired) electrons. The molecule has 1 N–H and O–H groups in total. The van der Waals surface area contributed by atoms with Crippen LogP contribution in [0, 0.1) is 0 Å². The van der Waals surface area contributed by atoms with Crippen LogP contribution in [0.15, 0.2) is 54.6 Å². The lowest BCUT2D eigenvalue weighted by molar-refractivity contribution is 0.0951. The van der Waals surface area contributed by atoms with Crippen LogP contribution in [0.5, 0.6) is 17.2 Å². The molecule has 0 bridgehead atoms. The highest BCUT2D eigenvalue weighted by atomic mass is 16.6. The number of benzene rings is 3. The summed E-state index contributed by atoms with van der Waals surface area (Å²) in [4.78, 5) is 12.5. The average Bonchev–Trinajstić information content (AvgIpc) is 2.71. The molecular formula is C21H19NO4. The van der Waals surface area contributed by atoms with Crippen molar-refractivity contribution in [3.05, 3.63) is 65.7 Å². The van der Waals surface area contributed by atoms with Crippen molar-refractivity contribution in [3.8, 4) is 17.2 Å². The zero-order valence-electron chi connectivity index (χ0n) is 14.5. The van der Waals surface area contributed by atoms with Crippen LogP contribution in [0.1, 0.15) is 15.9 Å². The molecule has 0 atom stereocenters. The van der Waals surface area contributed by atoms with Crippen LogP contribution in [0.3, 0.4) is 0 Å². The van der Waals surface area contributed by atoms with Crippen molar-refractivity contribution >= 4 is 16.7 Å². The normalized spacial score (nSPS) is 12.7. The minimum Gasteiger partial charge on any atom is -0.497 e. The predicted molar refractivity (Wildman–Crippen MR) is 99.1 cm³/mol. The number of amides is 1. The molecule has 5 nitrogen and oxygen atoms in total. The smallest absolute Gasteiger partial charge is 0.251 e. The van der Waals surface area contributed by atoms with Crippen molar-refractivity contribution in [2.24, 2.45) is 0 Å². The fraction of sp³-hybridized carbons (Fsp3) is 0.190. The largest absolute Gasteiger partial charge is 0.497 e. The molecule has 0 unspecified atom stereocenters. The highest BCUT2D eigenvalue weighted by Gasteiger charge is 2.12. The Morgan fingerprint density at radius 1 is 0.962 bits per heavy atom. The Morgan fingerprint density at radius 3 is 2.58 bits per heavy atom. The second-order valence-corrected chi connectivity index (χ2v) is 6.09. The van der Waals surface area contributed by atoms with E-state index in [1.165, 1.54) is 0 Å². The van der Waals surface area contributed by atoms with Crippen LogP contribution >= 0.6 is 0 Å². The number of methoxy groups -OCH3 is 1. The third-order valence-electron chi connectivity index (χ3n) is 4.37. The Kier molecular flexibility index (Phi) is 4.35. The predicted octanol–water partition coefficient (Wildman–Crippen LogP) is 3.55. The fourth-order valence-electron chi connectivity index (χ4n) is 2.97. The summed E-state index contributed by atoms with van der Waals surface area (Å²) in [6.45, 7) is 1.54. The zero-order valence-corrected chi connectivity index (χ0v) is 14.5. The van der Waals surface area contributed by atoms with E-state index in [-0.39, 0.29) is 5.91 Å². The first-order valence-electron chi connectivity index (χ1n) is 8.47. The summed E-state index contributed by atoms with van der Waals surface area (Å²) in [5.41, 5.74) is 1.59. The number of carbonyl (C=O) groups excluding carboxylic acids is 1. The van der Waals surface area contributed by atoms with E-state index < -0.39 is 0 Å². The van der Waals surface area contributed by atoms with Gasteiger partial charge in [-0.1, -0.05) is 18.2 Å². The zero-order chi connectivity index (χ0) is 17.9. The van der Waals surface area contributed by atoms with Gasteiger partial charge in [0.05, 0.1) is 7.11 Å². The first-order chi connectivity index (χ1) is 12.7. The molecule has 0 spiro atoms. The van der Waals surface area contributed by atoms with E-state index in [0.29, 0.717) is 25.3 Å². The molecule has 0 fully saturated rings. The van der Waals surface area contributed by atoms with Gasteiger partial charge < -0.3 is 19.5 Å². The maximum atomic E-state index is 12.5. The molecule has 0 saturated carbocycles. The van der Waals surface area contributed by atoms with Gasteiger partial charge in [-0.3, -0.25) is 4.79 Å². The van der Waals surface area contributed by atoms with Gasteiger partial charge in [-0.05, 0) is 52.7 Å². The molecule has 1 heterocycles. The Morgan fingerprint density at radius 2 is 1.73 bits per heavy atom. The van der Waals surface area contributed by atoms with Gasteiger partial charge in [-0.25, -0.2) is 0 Å². The standard InChI is InChI=1S/C21H19NO4/c1-24-18-6-5-15-11-17(4-3-16(15)12-18)21(23)22-13-14-2-7-19-20(10-14)26-9-8-25-19/h2-7,10-12H,8-9,13H2,1H3,(H,22,23). The molecule has 132 valence electrons. The van der Waals surface area contributed by atoms with Gasteiger partial charge >= 0.3 is 0 Å². The maximum absolute atomic E-state index is 12.5. The summed E-state index contributed by atoms with van der Waals surface area (Å²) < 4.78 is 16.3. The lowest BCUT2D eigenvalue weighted by atomic mass is 10.1. The van der Waals surface area contributed by atoms with Crippen molar-refractivity contribution in [2.45, 2.75) is 6.54 Å². The number of hydrogen-bond donors (Lipinski definition) is 1. The van der Waals surface area contributed by atoms with Gasteiger partial charge in [-0.15, -0.1) is 0 Å². The molecule has 4 rings (SSSR count). The number of nitrogens with one attached hydrogen (secondary N) is 1. The topological polar surface area (TPSA) is 56.8 Å². The van der Waals surface area contributed by atoms with Crippen LogP contribution in [0.25, 0.3) is 10.8 Å². The highest BCUT2D eigenvalue weighted by Crippen LogP contribution is 2.30. The minimum absolute atomic E-state index is 0.113. The van der Waals surface area contributed by atoms with Crippen molar-refractivity contribution in [1.29, 1.82) is 0 Å². The molecular weight excluding hydrogens is 330 g/mol. The Labute approximate surface area is 151 Å². The third-order valence-corrected chi connectivity index (χ3v) is 4.37. The van der Waals surface area contributed by atoms with Gasteiger partial charge in [0.2, 0.25) is 0 Å². The number of hydrogen-bond acceptors (Lipinski definition) is 4. The van der Waals surface area contributed by atoms with E-state index in [1.54, 1.807) is 7.11 Å². The third kappa shape index (κ3) is 3.28. The number of carbonyl (C=O) groups is 1. The summed E-state index contributed by atoms with van der Waals surface area (Å²) in [6.07, 6.45) is 0. The monoisotopic (exact) mass is 349 g/mol. The van der Waals surface area contributed by atoms with Crippen LogP contribution < -0.4 is 19.5 Å². The lowest BCUT2D eigenvalue weighted by Gasteiger charge is -2.19. The van der Waals surface area contributed by atoms with Crippen molar-refractivity contribution < 1.29 is 19.0 Å². The van der Waals surface area contributed by atoms with Gasteiger partial charge in [0.15, 0.2) is 11.5 Å². The lowest BCUT2D eigenvalue weighted by Crippen LogP contribution is -2.23. The van der Waals surface area contributed by atoms with Crippen molar-refractivity contribution in [1.82, 2.24) is 5.32 Å². The van der Waals surface area contributed by atoms with Crippen LogP contribution in [0.4, 0.5) is 0 Å². The molecule has 1 aliphatic heterocycles. The van der Waals surface area contributed by atoms with Gasteiger partial charge in [0.25, 0.3) is 5.91 Å². The van der Waals surface area contributed by atoms with Crippen molar-refractivity contribution in [2.75, 3.05) is 20.3 Å². The van der Waals surface area contributed by atoms with Crippen LogP contribution in [0.2, 0.25) is 0 Å². The van der Waals surface area contributed by atoms with E-state index in [4.69, 9.17) is 14.2 Å². The fourth-order valence-corrected chi connectivity index (χ4v) is 2.97. The second-order valence-electron chi connectivity index (χ2n) is 6.09. The molecule has 3 aromatic carbocycles. The van der Waals surface area contributed by atoms with Crippen LogP contribution in [-0.4, -0.2) is 26.2 Å². The number of ether oxygens (including phenoxy) is 3. The van der Waals surface area contributed by atoms with Gasteiger partial charge in [0.1, 0.15) is 19.0 Å². The molecule has 1 aliphatic rings. The Hall–Kier alpha value is -3.21. The highest BCUT2D eigenvalue weighted by molar-refractivity contribution is 5.98. The summed E-state index contributed by atoms with van der Waals surface area (Å²) in [6, 6.07) is 17.1. The summed E-state index contributed by atoms with van der Waals surface area (Å²) in [7, 11) is 1.64. The first-order valence-corrected chi connectivity index (χ1v) is 8.47. The summed E-state index contributed by atoms with van der Waals surface area (Å²) in [5, 5.41) is 4.98. The van der Waals surface area contributed by atoms with Crippen LogP contribution in [-0.2, 0) is 6.54 Å². The van der Waals surface area contributed by atoms with E-state index in [0.717, 1.165) is 33.6 Å². The van der Waals surface area contributed by atoms with Gasteiger partial charge in [0, 0.05) is 12.1 Å². The molecule has 0 aliphatic carbocycles. The molecule has 0 saturated heterocycles. The number of rotatable bonds is 4. The van der Waals surface area contributed by atoms with E-state index in [2.05, 4.69) is 5.32 Å². The van der Waals surface area contributed by atoms with Crippen molar-refractivity contribution in [3.63, 3.8) is 0 Å². The van der Waals surface area contributed by atoms with E-state index in [9.17, 15) is 4.79 Å². The second kappa shape index (κ2) is 6.96. The SMILES string of the molecule is COc1ccc2cc(C(=O)NCc3ccc4c(c3)OCCO4)ccc2c1. The molecule has 26 heavy (non-hydrogen) atoms. The first kappa shape index (κ1) is 16.3. The number of fused-ring (bicyclic) bond motifs is 2. The minimum atomic E-state index is -0.113. The summed E-state index contributed by atoms with van der Waals surface area (Å²) >= 11 is 0.